The normalized spacial score (nSPS) is 21.1. The molecule has 1 amide bonds. The zero-order chi connectivity index (χ0) is 15.5. The van der Waals surface area contributed by atoms with Gasteiger partial charge in [0.2, 0.25) is 12.3 Å². The van der Waals surface area contributed by atoms with Gasteiger partial charge in [-0.2, -0.15) is 0 Å². The van der Waals surface area contributed by atoms with E-state index in [1.165, 1.54) is 6.92 Å². The molecule has 1 fully saturated rings. The largest absolute Gasteiger partial charge is 0.354 e. The number of anilines is 1. The molecule has 2 N–H and O–H groups in total. The summed E-state index contributed by atoms with van der Waals surface area (Å²) in [5.41, 5.74) is 1.04. The lowest BCUT2D eigenvalue weighted by Crippen LogP contribution is -2.33. The summed E-state index contributed by atoms with van der Waals surface area (Å²) in [5.74, 6) is -0.105. The Balaban J connectivity index is 1.70. The zero-order valence-corrected chi connectivity index (χ0v) is 12.9. The van der Waals surface area contributed by atoms with Gasteiger partial charge >= 0.3 is 0 Å². The molecule has 3 rings (SSSR count). The Kier molecular flexibility index (Phi) is 4.37. The first-order valence-corrected chi connectivity index (χ1v) is 7.80. The third-order valence-electron chi connectivity index (χ3n) is 3.38. The molecule has 0 aliphatic carbocycles. The molecule has 1 aliphatic heterocycles. The van der Waals surface area contributed by atoms with Crippen LogP contribution in [0.2, 0.25) is 0 Å². The van der Waals surface area contributed by atoms with E-state index in [1.807, 2.05) is 30.5 Å². The molecular formula is C15H17N3O3S. The number of amides is 1. The van der Waals surface area contributed by atoms with E-state index in [0.29, 0.717) is 13.1 Å². The topological polar surface area (TPSA) is 74.7 Å². The second-order valence-corrected chi connectivity index (χ2v) is 6.12. The highest BCUT2D eigenvalue weighted by atomic mass is 32.1. The number of carbonyl (C=O) groups is 1. The van der Waals surface area contributed by atoms with E-state index in [2.05, 4.69) is 10.3 Å². The molecule has 0 aromatic carbocycles. The van der Waals surface area contributed by atoms with E-state index in [4.69, 9.17) is 4.74 Å². The second kappa shape index (κ2) is 6.43. The van der Waals surface area contributed by atoms with Crippen molar-refractivity contribution in [3.63, 3.8) is 0 Å². The number of pyridine rings is 1. The Morgan fingerprint density at radius 2 is 2.41 bits per heavy atom. The highest BCUT2D eigenvalue weighted by Gasteiger charge is 2.32. The van der Waals surface area contributed by atoms with Gasteiger partial charge in [0.05, 0.1) is 17.6 Å². The van der Waals surface area contributed by atoms with Crippen LogP contribution in [0.1, 0.15) is 6.92 Å². The summed E-state index contributed by atoms with van der Waals surface area (Å²) in [6.07, 6.45) is 2.34. The molecule has 1 aliphatic rings. The van der Waals surface area contributed by atoms with Gasteiger partial charge in [0, 0.05) is 36.3 Å². The number of nitrogens with one attached hydrogen (secondary N) is 1. The Labute approximate surface area is 132 Å². The van der Waals surface area contributed by atoms with E-state index >= 15 is 0 Å². The van der Waals surface area contributed by atoms with E-state index in [9.17, 15) is 9.90 Å². The molecule has 0 spiro atoms. The fourth-order valence-electron chi connectivity index (χ4n) is 2.31. The average Bonchev–Trinajstić information content (AvgIpc) is 3.12. The minimum absolute atomic E-state index is 0.105. The zero-order valence-electron chi connectivity index (χ0n) is 12.1. The van der Waals surface area contributed by atoms with Crippen LogP contribution in [-0.4, -0.2) is 41.6 Å². The van der Waals surface area contributed by atoms with Crippen molar-refractivity contribution in [2.24, 2.45) is 0 Å². The number of aliphatic hydroxyl groups is 1. The van der Waals surface area contributed by atoms with E-state index < -0.39 is 6.41 Å². The lowest BCUT2D eigenvalue weighted by molar-refractivity contribution is -0.121. The van der Waals surface area contributed by atoms with Gasteiger partial charge in [-0.1, -0.05) is 6.07 Å². The van der Waals surface area contributed by atoms with Crippen molar-refractivity contribution >= 4 is 22.2 Å². The molecule has 0 bridgehead atoms. The summed E-state index contributed by atoms with van der Waals surface area (Å²) in [5, 5.41) is 13.7. The first kappa shape index (κ1) is 15.0. The van der Waals surface area contributed by atoms with Crippen molar-refractivity contribution in [2.45, 2.75) is 19.4 Å². The monoisotopic (exact) mass is 319 g/mol. The number of thiophene rings is 1. The predicted octanol–water partition coefficient (Wildman–Crippen LogP) is 1.43. The maximum Gasteiger partial charge on any atom is 0.239 e. The van der Waals surface area contributed by atoms with Gasteiger partial charge in [-0.05, 0) is 18.2 Å². The van der Waals surface area contributed by atoms with Crippen LogP contribution in [0.25, 0.3) is 10.4 Å². The fourth-order valence-corrected chi connectivity index (χ4v) is 3.33. The predicted molar refractivity (Wildman–Crippen MR) is 84.5 cm³/mol. The van der Waals surface area contributed by atoms with Crippen LogP contribution in [0.5, 0.6) is 0 Å². The quantitative estimate of drug-likeness (QED) is 0.892. The molecule has 1 saturated heterocycles. The molecule has 2 aromatic heterocycles. The van der Waals surface area contributed by atoms with Crippen LogP contribution in [-0.2, 0) is 9.53 Å². The fraction of sp³-hybridized carbons (Fsp3) is 0.333. The highest BCUT2D eigenvalue weighted by Crippen LogP contribution is 2.35. The molecular weight excluding hydrogens is 302 g/mol. The van der Waals surface area contributed by atoms with Crippen LogP contribution in [0.4, 0.5) is 5.00 Å². The van der Waals surface area contributed by atoms with Crippen molar-refractivity contribution < 1.29 is 14.6 Å². The minimum atomic E-state index is -0.987. The number of rotatable bonds is 4. The summed E-state index contributed by atoms with van der Waals surface area (Å²) in [6, 6.07) is 7.86. The molecule has 116 valence electrons. The van der Waals surface area contributed by atoms with Gasteiger partial charge < -0.3 is 20.1 Å². The highest BCUT2D eigenvalue weighted by molar-refractivity contribution is 7.19. The molecule has 2 unspecified atom stereocenters. The van der Waals surface area contributed by atoms with Gasteiger partial charge in [-0.3, -0.25) is 9.78 Å². The van der Waals surface area contributed by atoms with Gasteiger partial charge in [-0.15, -0.1) is 11.3 Å². The maximum atomic E-state index is 10.9. The first-order chi connectivity index (χ1) is 10.6. The van der Waals surface area contributed by atoms with Crippen LogP contribution in [0, 0.1) is 0 Å². The van der Waals surface area contributed by atoms with Crippen LogP contribution >= 0.6 is 11.3 Å². The summed E-state index contributed by atoms with van der Waals surface area (Å²) >= 11 is 1.57. The lowest BCUT2D eigenvalue weighted by Gasteiger charge is -2.17. The molecule has 7 heteroatoms. The molecule has 0 saturated carbocycles. The molecule has 0 radical (unpaired) electrons. The molecule has 2 aromatic rings. The van der Waals surface area contributed by atoms with Crippen molar-refractivity contribution in [3.05, 3.63) is 36.7 Å². The number of aromatic nitrogens is 1. The van der Waals surface area contributed by atoms with Crippen LogP contribution in [0.3, 0.4) is 0 Å². The summed E-state index contributed by atoms with van der Waals surface area (Å²) in [7, 11) is 0. The van der Waals surface area contributed by atoms with Crippen molar-refractivity contribution in [1.82, 2.24) is 10.3 Å². The lowest BCUT2D eigenvalue weighted by atomic mass is 10.2. The molecule has 22 heavy (non-hydrogen) atoms. The second-order valence-electron chi connectivity index (χ2n) is 5.05. The third kappa shape index (κ3) is 3.27. The van der Waals surface area contributed by atoms with Crippen LogP contribution in [0.15, 0.2) is 36.7 Å². The standard InChI is InChI=1S/C15H17N3O3S/c1-10(19)17-8-12-9-18(15(20)21-12)14-5-4-13(22-14)11-3-2-6-16-7-11/h2-7,12,15,20H,8-9H2,1H3,(H,17,19). The third-order valence-corrected chi connectivity index (χ3v) is 4.55. The number of aliphatic hydroxyl groups excluding tert-OH is 1. The van der Waals surface area contributed by atoms with Gasteiger partial charge in [0.25, 0.3) is 0 Å². The van der Waals surface area contributed by atoms with Crippen molar-refractivity contribution in [3.8, 4) is 10.4 Å². The molecule has 6 nitrogen and oxygen atoms in total. The van der Waals surface area contributed by atoms with E-state index in [-0.39, 0.29) is 12.0 Å². The maximum absolute atomic E-state index is 10.9. The number of hydrogen-bond donors (Lipinski definition) is 2. The molecule has 3 heterocycles. The van der Waals surface area contributed by atoms with Crippen LogP contribution < -0.4 is 10.2 Å². The van der Waals surface area contributed by atoms with Gasteiger partial charge in [-0.25, -0.2) is 0 Å². The smallest absolute Gasteiger partial charge is 0.239 e. The minimum Gasteiger partial charge on any atom is -0.354 e. The summed E-state index contributed by atoms with van der Waals surface area (Å²) in [4.78, 5) is 17.9. The number of hydrogen-bond acceptors (Lipinski definition) is 6. The number of ether oxygens (including phenoxy) is 1. The number of nitrogens with zero attached hydrogens (tertiary/aromatic N) is 2. The first-order valence-electron chi connectivity index (χ1n) is 6.98. The Morgan fingerprint density at radius 1 is 1.55 bits per heavy atom. The summed E-state index contributed by atoms with van der Waals surface area (Å²) < 4.78 is 5.45. The Hall–Kier alpha value is -1.96. The average molecular weight is 319 g/mol. The van der Waals surface area contributed by atoms with Crippen molar-refractivity contribution in [1.29, 1.82) is 0 Å². The van der Waals surface area contributed by atoms with Gasteiger partial charge in [0.1, 0.15) is 0 Å². The Morgan fingerprint density at radius 3 is 3.14 bits per heavy atom. The number of carbonyl (C=O) groups excluding carboxylic acids is 1. The Bertz CT molecular complexity index is 646. The SMILES string of the molecule is CC(=O)NCC1CN(c2ccc(-c3cccnc3)s2)C(O)O1. The van der Waals surface area contributed by atoms with Gasteiger partial charge in [0.15, 0.2) is 0 Å². The van der Waals surface area contributed by atoms with E-state index in [0.717, 1.165) is 15.4 Å². The summed E-state index contributed by atoms with van der Waals surface area (Å²) in [6.45, 7) is 2.39. The van der Waals surface area contributed by atoms with Crippen molar-refractivity contribution in [2.75, 3.05) is 18.0 Å². The molecule has 2 atom stereocenters. The van der Waals surface area contributed by atoms with E-state index in [1.54, 1.807) is 22.4 Å².